The second-order valence-corrected chi connectivity index (χ2v) is 7.49. The Bertz CT molecular complexity index is 533. The van der Waals surface area contributed by atoms with E-state index >= 15 is 0 Å². The van der Waals surface area contributed by atoms with Gasteiger partial charge in [0.1, 0.15) is 12.3 Å². The Morgan fingerprint density at radius 3 is 2.80 bits per heavy atom. The van der Waals surface area contributed by atoms with E-state index in [1.54, 1.807) is 0 Å². The first-order chi connectivity index (χ1) is 12.0. The summed E-state index contributed by atoms with van der Waals surface area (Å²) in [5.41, 5.74) is 0.940. The highest BCUT2D eigenvalue weighted by Gasteiger charge is 2.20. The van der Waals surface area contributed by atoms with Crippen LogP contribution in [-0.2, 0) is 6.54 Å². The lowest BCUT2D eigenvalue weighted by atomic mass is 9.97. The third-order valence-corrected chi connectivity index (χ3v) is 4.57. The van der Waals surface area contributed by atoms with Crippen molar-refractivity contribution in [1.82, 2.24) is 20.5 Å². The second kappa shape index (κ2) is 9.80. The molecule has 1 aliphatic heterocycles. The Hall–Kier alpha value is -1.56. The van der Waals surface area contributed by atoms with Crippen LogP contribution in [0.3, 0.4) is 0 Å². The van der Waals surface area contributed by atoms with Gasteiger partial charge in [0.05, 0.1) is 5.69 Å². The van der Waals surface area contributed by atoms with Gasteiger partial charge in [-0.05, 0) is 52.0 Å². The molecule has 6 heteroatoms. The number of rotatable bonds is 7. The predicted molar refractivity (Wildman–Crippen MR) is 103 cm³/mol. The maximum atomic E-state index is 5.61. The molecule has 142 valence electrons. The van der Waals surface area contributed by atoms with E-state index in [1.807, 2.05) is 13.8 Å². The number of aliphatic imine (C=N–C) groups is 1. The monoisotopic (exact) mass is 349 g/mol. The van der Waals surface area contributed by atoms with Crippen molar-refractivity contribution in [3.63, 3.8) is 0 Å². The topological polar surface area (TPSA) is 65.7 Å². The van der Waals surface area contributed by atoms with E-state index in [9.17, 15) is 0 Å². The minimum Gasteiger partial charge on any atom is -0.444 e. The highest BCUT2D eigenvalue weighted by molar-refractivity contribution is 5.79. The molecule has 1 atom stereocenters. The Balaban J connectivity index is 1.84. The Labute approximate surface area is 152 Å². The van der Waals surface area contributed by atoms with Gasteiger partial charge in [-0.1, -0.05) is 13.8 Å². The highest BCUT2D eigenvalue weighted by Crippen LogP contribution is 2.16. The lowest BCUT2D eigenvalue weighted by Crippen LogP contribution is -2.45. The fraction of sp³-hybridized carbons (Fsp3) is 0.789. The molecule has 0 spiro atoms. The smallest absolute Gasteiger partial charge is 0.216 e. The number of likely N-dealkylation sites (tertiary alicyclic amines) is 1. The van der Waals surface area contributed by atoms with Gasteiger partial charge in [0.2, 0.25) is 5.89 Å². The standard InChI is InChI=1S/C19H35N5O/c1-6-20-19(22-11-18-23-15(4)16(5)25-18)21-10-17-8-7-9-24(13-17)12-14(2)3/h14,17H,6-13H2,1-5H3,(H2,20,21,22). The first-order valence-corrected chi connectivity index (χ1v) is 9.65. The normalized spacial score (nSPS) is 19.4. The zero-order valence-electron chi connectivity index (χ0n) is 16.6. The van der Waals surface area contributed by atoms with Crippen molar-refractivity contribution in [2.75, 3.05) is 32.7 Å². The van der Waals surface area contributed by atoms with Crippen LogP contribution >= 0.6 is 0 Å². The molecule has 1 unspecified atom stereocenters. The van der Waals surface area contributed by atoms with Gasteiger partial charge in [-0.2, -0.15) is 0 Å². The van der Waals surface area contributed by atoms with E-state index in [4.69, 9.17) is 4.42 Å². The molecule has 1 aliphatic rings. The summed E-state index contributed by atoms with van der Waals surface area (Å²) in [6, 6.07) is 0. The average molecular weight is 350 g/mol. The third kappa shape index (κ3) is 6.69. The van der Waals surface area contributed by atoms with Crippen LogP contribution in [0.15, 0.2) is 9.41 Å². The molecule has 2 heterocycles. The van der Waals surface area contributed by atoms with Crippen molar-refractivity contribution >= 4 is 5.96 Å². The van der Waals surface area contributed by atoms with E-state index in [0.717, 1.165) is 36.4 Å². The Kier molecular flexibility index (Phi) is 7.75. The van der Waals surface area contributed by atoms with E-state index in [2.05, 4.69) is 46.3 Å². The Morgan fingerprint density at radius 2 is 2.16 bits per heavy atom. The summed E-state index contributed by atoms with van der Waals surface area (Å²) in [5, 5.41) is 6.81. The molecular formula is C19H35N5O. The summed E-state index contributed by atoms with van der Waals surface area (Å²) in [4.78, 5) is 11.6. The molecule has 0 bridgehead atoms. The lowest BCUT2D eigenvalue weighted by molar-refractivity contribution is 0.159. The molecule has 1 saturated heterocycles. The first kappa shape index (κ1) is 19.8. The van der Waals surface area contributed by atoms with Crippen LogP contribution in [0.2, 0.25) is 0 Å². The van der Waals surface area contributed by atoms with Crippen molar-refractivity contribution in [1.29, 1.82) is 0 Å². The fourth-order valence-electron chi connectivity index (χ4n) is 3.34. The molecule has 6 nitrogen and oxygen atoms in total. The summed E-state index contributed by atoms with van der Waals surface area (Å²) < 4.78 is 5.61. The van der Waals surface area contributed by atoms with Crippen LogP contribution in [0.1, 0.15) is 51.0 Å². The van der Waals surface area contributed by atoms with Crippen molar-refractivity contribution in [2.45, 2.75) is 54.0 Å². The largest absolute Gasteiger partial charge is 0.444 e. The van der Waals surface area contributed by atoms with Crippen molar-refractivity contribution < 1.29 is 4.42 Å². The maximum absolute atomic E-state index is 5.61. The molecule has 0 radical (unpaired) electrons. The number of hydrogen-bond acceptors (Lipinski definition) is 4. The van der Waals surface area contributed by atoms with Gasteiger partial charge in [0.15, 0.2) is 5.96 Å². The van der Waals surface area contributed by atoms with Crippen molar-refractivity contribution in [2.24, 2.45) is 16.8 Å². The predicted octanol–water partition coefficient (Wildman–Crippen LogP) is 2.71. The second-order valence-electron chi connectivity index (χ2n) is 7.49. The van der Waals surface area contributed by atoms with Crippen LogP contribution in [0.4, 0.5) is 0 Å². The fourth-order valence-corrected chi connectivity index (χ4v) is 3.34. The summed E-state index contributed by atoms with van der Waals surface area (Å²) in [6.45, 7) is 16.5. The van der Waals surface area contributed by atoms with Gasteiger partial charge in [0, 0.05) is 26.2 Å². The number of nitrogens with one attached hydrogen (secondary N) is 2. The van der Waals surface area contributed by atoms with E-state index in [1.165, 1.54) is 32.5 Å². The quantitative estimate of drug-likeness (QED) is 0.585. The van der Waals surface area contributed by atoms with Gasteiger partial charge < -0.3 is 20.0 Å². The number of piperidine rings is 1. The first-order valence-electron chi connectivity index (χ1n) is 9.65. The Morgan fingerprint density at radius 1 is 1.36 bits per heavy atom. The molecule has 1 aromatic heterocycles. The van der Waals surface area contributed by atoms with Crippen LogP contribution in [0, 0.1) is 25.7 Å². The molecule has 0 amide bonds. The molecular weight excluding hydrogens is 314 g/mol. The number of aryl methyl sites for hydroxylation is 2. The minimum atomic E-state index is 0.466. The van der Waals surface area contributed by atoms with Gasteiger partial charge in [-0.25, -0.2) is 9.98 Å². The van der Waals surface area contributed by atoms with Crippen LogP contribution in [-0.4, -0.2) is 48.6 Å². The van der Waals surface area contributed by atoms with E-state index < -0.39 is 0 Å². The molecule has 1 aromatic rings. The number of oxazole rings is 1. The summed E-state index contributed by atoms with van der Waals surface area (Å²) in [7, 11) is 0. The molecule has 0 aliphatic carbocycles. The van der Waals surface area contributed by atoms with Crippen LogP contribution < -0.4 is 10.6 Å². The van der Waals surface area contributed by atoms with Crippen molar-refractivity contribution in [3.05, 3.63) is 17.3 Å². The van der Waals surface area contributed by atoms with Gasteiger partial charge in [-0.3, -0.25) is 0 Å². The zero-order valence-corrected chi connectivity index (χ0v) is 16.6. The number of nitrogens with zero attached hydrogens (tertiary/aromatic N) is 3. The van der Waals surface area contributed by atoms with E-state index in [0.29, 0.717) is 18.4 Å². The molecule has 0 aromatic carbocycles. The summed E-state index contributed by atoms with van der Waals surface area (Å²) in [6.07, 6.45) is 2.58. The number of guanidine groups is 1. The summed E-state index contributed by atoms with van der Waals surface area (Å²) >= 11 is 0. The number of hydrogen-bond donors (Lipinski definition) is 2. The molecule has 1 fully saturated rings. The summed E-state index contributed by atoms with van der Waals surface area (Å²) in [5.74, 6) is 3.81. The lowest BCUT2D eigenvalue weighted by Gasteiger charge is -2.34. The van der Waals surface area contributed by atoms with Crippen LogP contribution in [0.25, 0.3) is 0 Å². The van der Waals surface area contributed by atoms with Crippen LogP contribution in [0.5, 0.6) is 0 Å². The molecule has 2 rings (SSSR count). The molecule has 25 heavy (non-hydrogen) atoms. The van der Waals surface area contributed by atoms with Gasteiger partial charge >= 0.3 is 0 Å². The minimum absolute atomic E-state index is 0.466. The molecule has 2 N–H and O–H groups in total. The molecule has 0 saturated carbocycles. The average Bonchev–Trinajstić information content (AvgIpc) is 2.88. The SMILES string of the molecule is CCNC(=NCc1nc(C)c(C)o1)NCC1CCCN(CC(C)C)C1. The maximum Gasteiger partial charge on any atom is 0.216 e. The number of aromatic nitrogens is 1. The van der Waals surface area contributed by atoms with Gasteiger partial charge in [-0.15, -0.1) is 0 Å². The highest BCUT2D eigenvalue weighted by atomic mass is 16.4. The van der Waals surface area contributed by atoms with Gasteiger partial charge in [0.25, 0.3) is 0 Å². The van der Waals surface area contributed by atoms with Crippen molar-refractivity contribution in [3.8, 4) is 0 Å². The third-order valence-electron chi connectivity index (χ3n) is 4.57. The van der Waals surface area contributed by atoms with E-state index in [-0.39, 0.29) is 0 Å². The zero-order chi connectivity index (χ0) is 18.2.